The summed E-state index contributed by atoms with van der Waals surface area (Å²) in [7, 11) is 0. The summed E-state index contributed by atoms with van der Waals surface area (Å²) in [4.78, 5) is 0. The molecule has 0 aromatic heterocycles. The zero-order valence-corrected chi connectivity index (χ0v) is 6.24. The van der Waals surface area contributed by atoms with E-state index in [1.807, 2.05) is 6.08 Å². The third-order valence-electron chi connectivity index (χ3n) is 0.204. The van der Waals surface area contributed by atoms with E-state index in [4.69, 9.17) is 0 Å². The Morgan fingerprint density at radius 2 is 2.00 bits per heavy atom. The fourth-order valence-electron chi connectivity index (χ4n) is 0. The molecule has 2 heteroatoms. The quantitative estimate of drug-likeness (QED) is 0.376. The summed E-state index contributed by atoms with van der Waals surface area (Å²) >= 11 is 1.35. The largest absolute Gasteiger partial charge is 0.693 e. The molecule has 0 atom stereocenters. The fraction of sp³-hybridized carbons (Fsp3) is 0.333. The SMILES string of the molecule is C=C[CH2][Zn+].[NH2-]. The first-order valence-corrected chi connectivity index (χ1v) is 3.41. The maximum Gasteiger partial charge on any atom is -0.693 e. The van der Waals surface area contributed by atoms with Crippen LogP contribution in [0.4, 0.5) is 0 Å². The van der Waals surface area contributed by atoms with E-state index < -0.39 is 0 Å². The molecule has 0 fully saturated rings. The van der Waals surface area contributed by atoms with Crippen LogP contribution >= 0.6 is 0 Å². The first kappa shape index (κ1) is 9.01. The third kappa shape index (κ3) is 13.3. The van der Waals surface area contributed by atoms with Gasteiger partial charge in [0.05, 0.1) is 0 Å². The van der Waals surface area contributed by atoms with Gasteiger partial charge in [-0.25, -0.2) is 0 Å². The molecule has 0 radical (unpaired) electrons. The summed E-state index contributed by atoms with van der Waals surface area (Å²) in [6.07, 6.45) is 1.93. The predicted molar refractivity (Wildman–Crippen MR) is 20.3 cm³/mol. The molecule has 0 aromatic carbocycles. The van der Waals surface area contributed by atoms with Gasteiger partial charge in [-0.2, -0.15) is 0 Å². The normalized spacial score (nSPS) is 5.20. The van der Waals surface area contributed by atoms with Crippen LogP contribution in [0.2, 0.25) is 5.02 Å². The van der Waals surface area contributed by atoms with Crippen molar-refractivity contribution in [1.29, 1.82) is 0 Å². The van der Waals surface area contributed by atoms with Gasteiger partial charge < -0.3 is 6.15 Å². The van der Waals surface area contributed by atoms with Gasteiger partial charge in [0, 0.05) is 0 Å². The summed E-state index contributed by atoms with van der Waals surface area (Å²) in [6.45, 7) is 3.51. The van der Waals surface area contributed by atoms with Crippen molar-refractivity contribution in [3.63, 3.8) is 0 Å². The van der Waals surface area contributed by atoms with Crippen molar-refractivity contribution in [3.8, 4) is 0 Å². The van der Waals surface area contributed by atoms with Crippen LogP contribution in [0.25, 0.3) is 6.15 Å². The second-order valence-corrected chi connectivity index (χ2v) is 1.79. The number of rotatable bonds is 1. The van der Waals surface area contributed by atoms with E-state index in [2.05, 4.69) is 6.58 Å². The summed E-state index contributed by atoms with van der Waals surface area (Å²) in [5.41, 5.74) is 0. The molecular formula is C3H7NZn. The van der Waals surface area contributed by atoms with Crippen LogP contribution in [0.5, 0.6) is 0 Å². The molecule has 1 nitrogen and oxygen atoms in total. The standard InChI is InChI=1S/C3H5.H2N.Zn/c1-3-2;;/h3H,1-2H2;1H2;/q;-1;+1. The van der Waals surface area contributed by atoms with Gasteiger partial charge in [-0.3, -0.25) is 0 Å². The maximum absolute atomic E-state index is 3.51. The first-order chi connectivity index (χ1) is 1.91. The Morgan fingerprint density at radius 1 is 1.80 bits per heavy atom. The fourth-order valence-corrected chi connectivity index (χ4v) is 0. The molecule has 0 aromatic rings. The Bertz CT molecular complexity index is 20.9. The van der Waals surface area contributed by atoms with Crippen molar-refractivity contribution in [2.45, 2.75) is 5.02 Å². The van der Waals surface area contributed by atoms with E-state index in [9.17, 15) is 0 Å². The second-order valence-electron chi connectivity index (χ2n) is 0.577. The zero-order chi connectivity index (χ0) is 3.41. The molecule has 0 saturated heterocycles. The monoisotopic (exact) mass is 121 g/mol. The van der Waals surface area contributed by atoms with Crippen molar-refractivity contribution in [2.24, 2.45) is 0 Å². The van der Waals surface area contributed by atoms with Gasteiger partial charge in [0.15, 0.2) is 0 Å². The Balaban J connectivity index is 0. The van der Waals surface area contributed by atoms with Crippen molar-refractivity contribution in [1.82, 2.24) is 0 Å². The van der Waals surface area contributed by atoms with E-state index in [-0.39, 0.29) is 6.15 Å². The van der Waals surface area contributed by atoms with E-state index >= 15 is 0 Å². The first-order valence-electron chi connectivity index (χ1n) is 1.32. The van der Waals surface area contributed by atoms with Crippen LogP contribution in [0.1, 0.15) is 0 Å². The van der Waals surface area contributed by atoms with E-state index in [1.165, 1.54) is 23.3 Å². The van der Waals surface area contributed by atoms with E-state index in [0.29, 0.717) is 0 Å². The summed E-state index contributed by atoms with van der Waals surface area (Å²) in [5.74, 6) is 0. The molecule has 0 aliphatic carbocycles. The van der Waals surface area contributed by atoms with Gasteiger partial charge in [-0.1, -0.05) is 0 Å². The Labute approximate surface area is 42.7 Å². The molecule has 0 saturated carbocycles. The number of hydrogen-bond acceptors (Lipinski definition) is 0. The van der Waals surface area contributed by atoms with Crippen LogP contribution in [0.15, 0.2) is 12.7 Å². The minimum Gasteiger partial charge on any atom is -0.693 e. The molecule has 0 spiro atoms. The Kier molecular flexibility index (Phi) is 15.9. The van der Waals surface area contributed by atoms with Crippen LogP contribution < -0.4 is 0 Å². The smallest absolute Gasteiger partial charge is 0.693 e. The summed E-state index contributed by atoms with van der Waals surface area (Å²) in [6, 6.07) is 0. The van der Waals surface area contributed by atoms with Gasteiger partial charge in [-0.05, 0) is 0 Å². The third-order valence-corrected chi connectivity index (χ3v) is 1.06. The number of nitrogens with two attached hydrogens (primary N) is 1. The molecule has 0 bridgehead atoms. The molecule has 0 aliphatic rings. The Morgan fingerprint density at radius 3 is 2.00 bits per heavy atom. The summed E-state index contributed by atoms with van der Waals surface area (Å²) < 4.78 is 0. The molecule has 26 valence electrons. The topological polar surface area (TPSA) is 33.5 Å². The number of hydrogen-bond donors (Lipinski definition) is 0. The van der Waals surface area contributed by atoms with Gasteiger partial charge in [0.25, 0.3) is 0 Å². The maximum atomic E-state index is 3.51. The van der Waals surface area contributed by atoms with Crippen LogP contribution in [0.3, 0.4) is 0 Å². The van der Waals surface area contributed by atoms with Gasteiger partial charge >= 0.3 is 36.0 Å². The van der Waals surface area contributed by atoms with E-state index in [1.54, 1.807) is 0 Å². The predicted octanol–water partition coefficient (Wildman–Crippen LogP) is 1.85. The summed E-state index contributed by atoms with van der Waals surface area (Å²) in [5, 5.41) is 1.21. The molecule has 0 amide bonds. The molecule has 0 rings (SSSR count). The zero-order valence-electron chi connectivity index (χ0n) is 3.28. The molecule has 0 heterocycles. The average Bonchev–Trinajstić information content (AvgIpc) is 1.37. The average molecular weight is 122 g/mol. The number of allylic oxidation sites excluding steroid dienone is 1. The van der Waals surface area contributed by atoms with Gasteiger partial charge in [-0.15, -0.1) is 0 Å². The van der Waals surface area contributed by atoms with Crippen molar-refractivity contribution < 1.29 is 18.3 Å². The molecule has 0 unspecified atom stereocenters. The van der Waals surface area contributed by atoms with E-state index in [0.717, 1.165) is 0 Å². The Hall–Kier alpha value is 0.323. The van der Waals surface area contributed by atoms with Gasteiger partial charge in [0.1, 0.15) is 0 Å². The molecule has 0 aliphatic heterocycles. The second kappa shape index (κ2) is 8.85. The van der Waals surface area contributed by atoms with Crippen molar-refractivity contribution in [2.75, 3.05) is 0 Å². The van der Waals surface area contributed by atoms with Crippen molar-refractivity contribution >= 4 is 0 Å². The van der Waals surface area contributed by atoms with Crippen molar-refractivity contribution in [3.05, 3.63) is 18.8 Å². The molecule has 2 N–H and O–H groups in total. The minimum absolute atomic E-state index is 0. The minimum atomic E-state index is 0. The van der Waals surface area contributed by atoms with Crippen LogP contribution in [-0.2, 0) is 18.3 Å². The van der Waals surface area contributed by atoms with Crippen LogP contribution in [-0.4, -0.2) is 0 Å². The molecule has 5 heavy (non-hydrogen) atoms. The van der Waals surface area contributed by atoms with Gasteiger partial charge in [0.2, 0.25) is 0 Å². The molecular weight excluding hydrogens is 115 g/mol. The van der Waals surface area contributed by atoms with Crippen LogP contribution in [0, 0.1) is 0 Å².